The lowest BCUT2D eigenvalue weighted by molar-refractivity contribution is 0.0920. The first-order valence-corrected chi connectivity index (χ1v) is 10.6. The minimum atomic E-state index is -2.00. The Morgan fingerprint density at radius 3 is 2.30 bits per heavy atom. The number of para-hydroxylation sites is 1. The summed E-state index contributed by atoms with van der Waals surface area (Å²) in [4.78, 5) is 23.4. The van der Waals surface area contributed by atoms with E-state index in [1.165, 1.54) is 0 Å². The fourth-order valence-electron chi connectivity index (χ4n) is 4.03. The Bertz CT molecular complexity index is 1200. The Morgan fingerprint density at radius 2 is 1.61 bits per heavy atom. The van der Waals surface area contributed by atoms with Crippen molar-refractivity contribution >= 4 is 28.6 Å². The summed E-state index contributed by atoms with van der Waals surface area (Å²) in [5.41, 5.74) is -0.0344. The van der Waals surface area contributed by atoms with Crippen molar-refractivity contribution < 1.29 is 22.4 Å². The third-order valence-electron chi connectivity index (χ3n) is 5.75. The van der Waals surface area contributed by atoms with E-state index in [9.17, 15) is 22.4 Å². The summed E-state index contributed by atoms with van der Waals surface area (Å²) in [6.45, 7) is 0. The van der Waals surface area contributed by atoms with E-state index in [4.69, 9.17) is 0 Å². The van der Waals surface area contributed by atoms with Gasteiger partial charge < -0.3 is 15.5 Å². The van der Waals surface area contributed by atoms with Crippen LogP contribution >= 0.6 is 0 Å². The maximum Gasteiger partial charge on any atom is 0.254 e. The van der Waals surface area contributed by atoms with Crippen LogP contribution in [0.15, 0.2) is 30.3 Å². The maximum atomic E-state index is 13.9. The largest absolute Gasteiger partial charge is 0.362 e. The summed E-state index contributed by atoms with van der Waals surface area (Å²) in [5.74, 6) is -6.93. The maximum absolute atomic E-state index is 13.9. The molecule has 0 aliphatic heterocycles. The van der Waals surface area contributed by atoms with E-state index in [-0.39, 0.29) is 12.1 Å². The molecule has 0 atom stereocenters. The highest BCUT2D eigenvalue weighted by Crippen LogP contribution is 2.27. The van der Waals surface area contributed by atoms with E-state index in [2.05, 4.69) is 20.6 Å². The number of benzene rings is 2. The minimum Gasteiger partial charge on any atom is -0.362 e. The lowest BCUT2D eigenvalue weighted by Crippen LogP contribution is -2.40. The van der Waals surface area contributed by atoms with Crippen molar-refractivity contribution in [2.45, 2.75) is 37.8 Å². The SMILES string of the molecule is CN(C)c1nc(NC2CCC(NC(=O)c3cc(F)c(F)c(F)c3F)CC2)nc2ccccc12. The van der Waals surface area contributed by atoms with E-state index in [1.54, 1.807) is 0 Å². The molecular formula is C23H23F4N5O. The number of aromatic nitrogens is 2. The second-order valence-corrected chi connectivity index (χ2v) is 8.30. The van der Waals surface area contributed by atoms with E-state index in [1.807, 2.05) is 43.3 Å². The average Bonchev–Trinajstić information content (AvgIpc) is 2.80. The molecule has 6 nitrogen and oxygen atoms in total. The van der Waals surface area contributed by atoms with Gasteiger partial charge in [0.15, 0.2) is 23.3 Å². The second kappa shape index (κ2) is 9.21. The topological polar surface area (TPSA) is 70.2 Å². The molecule has 3 aromatic rings. The van der Waals surface area contributed by atoms with Gasteiger partial charge in [0, 0.05) is 31.6 Å². The van der Waals surface area contributed by atoms with Gasteiger partial charge in [0.2, 0.25) is 5.95 Å². The first kappa shape index (κ1) is 22.8. The van der Waals surface area contributed by atoms with Gasteiger partial charge in [0.05, 0.1) is 11.1 Å². The summed E-state index contributed by atoms with van der Waals surface area (Å²) in [5, 5.41) is 6.87. The molecule has 4 rings (SSSR count). The summed E-state index contributed by atoms with van der Waals surface area (Å²) in [7, 11) is 3.82. The molecule has 2 aromatic carbocycles. The molecule has 1 aliphatic rings. The second-order valence-electron chi connectivity index (χ2n) is 8.30. The Labute approximate surface area is 188 Å². The lowest BCUT2D eigenvalue weighted by atomic mass is 9.91. The summed E-state index contributed by atoms with van der Waals surface area (Å²) in [6.07, 6.45) is 2.47. The normalized spacial score (nSPS) is 18.2. The average molecular weight is 461 g/mol. The van der Waals surface area contributed by atoms with E-state index in [0.29, 0.717) is 37.7 Å². The zero-order chi connectivity index (χ0) is 23.7. The molecule has 1 fully saturated rings. The van der Waals surface area contributed by atoms with Gasteiger partial charge in [-0.1, -0.05) is 12.1 Å². The molecule has 33 heavy (non-hydrogen) atoms. The fourth-order valence-corrected chi connectivity index (χ4v) is 4.03. The molecule has 0 bridgehead atoms. The molecule has 0 saturated heterocycles. The minimum absolute atomic E-state index is 0.0618. The van der Waals surface area contributed by atoms with Crippen LogP contribution in [0.3, 0.4) is 0 Å². The highest BCUT2D eigenvalue weighted by Gasteiger charge is 2.27. The van der Waals surface area contributed by atoms with Gasteiger partial charge in [-0.05, 0) is 43.9 Å². The zero-order valence-electron chi connectivity index (χ0n) is 18.1. The van der Waals surface area contributed by atoms with Crippen LogP contribution < -0.4 is 15.5 Å². The number of hydrogen-bond donors (Lipinski definition) is 2. The first-order chi connectivity index (χ1) is 15.7. The first-order valence-electron chi connectivity index (χ1n) is 10.6. The van der Waals surface area contributed by atoms with Gasteiger partial charge in [0.1, 0.15) is 5.82 Å². The van der Waals surface area contributed by atoms with Crippen molar-refractivity contribution in [2.24, 2.45) is 0 Å². The highest BCUT2D eigenvalue weighted by molar-refractivity contribution is 5.94. The van der Waals surface area contributed by atoms with Gasteiger partial charge in [0.25, 0.3) is 5.91 Å². The third kappa shape index (κ3) is 4.69. The Kier molecular flexibility index (Phi) is 6.35. The predicted octanol–water partition coefficient (Wildman–Crippen LogP) is 4.41. The smallest absolute Gasteiger partial charge is 0.254 e. The number of nitrogens with zero attached hydrogens (tertiary/aromatic N) is 3. The molecular weight excluding hydrogens is 438 g/mol. The van der Waals surface area contributed by atoms with E-state index >= 15 is 0 Å². The number of amides is 1. The standard InChI is InChI=1S/C23H23F4N5O/c1-32(2)21-14-5-3-4-6-17(14)30-23(31-21)29-13-9-7-12(8-10-13)28-22(33)15-11-16(24)19(26)20(27)18(15)25/h3-6,11-13H,7-10H2,1-2H3,(H,28,33)(H,29,30,31). The fraction of sp³-hybridized carbons (Fsp3) is 0.348. The number of nitrogens with one attached hydrogen (secondary N) is 2. The van der Waals surface area contributed by atoms with Crippen molar-refractivity contribution in [3.8, 4) is 0 Å². The number of anilines is 2. The van der Waals surface area contributed by atoms with Crippen molar-refractivity contribution in [1.29, 1.82) is 0 Å². The highest BCUT2D eigenvalue weighted by atomic mass is 19.2. The number of fused-ring (bicyclic) bond motifs is 1. The van der Waals surface area contributed by atoms with Crippen LogP contribution in [-0.2, 0) is 0 Å². The predicted molar refractivity (Wildman–Crippen MR) is 117 cm³/mol. The quantitative estimate of drug-likeness (QED) is 0.335. The van der Waals surface area contributed by atoms with Crippen molar-refractivity contribution in [2.75, 3.05) is 24.3 Å². The van der Waals surface area contributed by atoms with Crippen LogP contribution in [0.4, 0.5) is 29.3 Å². The van der Waals surface area contributed by atoms with Gasteiger partial charge in [-0.3, -0.25) is 4.79 Å². The Hall–Kier alpha value is -3.43. The van der Waals surface area contributed by atoms with Crippen molar-refractivity contribution in [3.63, 3.8) is 0 Å². The Morgan fingerprint density at radius 1 is 0.939 bits per heavy atom. The molecule has 174 valence electrons. The van der Waals surface area contributed by atoms with Crippen LogP contribution in [0.2, 0.25) is 0 Å². The number of hydrogen-bond acceptors (Lipinski definition) is 5. The number of carbonyl (C=O) groups is 1. The monoisotopic (exact) mass is 461 g/mol. The molecule has 0 radical (unpaired) electrons. The molecule has 1 saturated carbocycles. The zero-order valence-corrected chi connectivity index (χ0v) is 18.1. The van der Waals surface area contributed by atoms with Crippen molar-refractivity contribution in [1.82, 2.24) is 15.3 Å². The molecule has 0 spiro atoms. The molecule has 1 aromatic heterocycles. The molecule has 10 heteroatoms. The van der Waals surface area contributed by atoms with Crippen LogP contribution in [0.25, 0.3) is 10.9 Å². The van der Waals surface area contributed by atoms with Crippen LogP contribution in [-0.4, -0.2) is 42.1 Å². The summed E-state index contributed by atoms with van der Waals surface area (Å²) >= 11 is 0. The van der Waals surface area contributed by atoms with Crippen LogP contribution in [0.1, 0.15) is 36.0 Å². The molecule has 1 heterocycles. The molecule has 0 unspecified atom stereocenters. The molecule has 2 N–H and O–H groups in total. The van der Waals surface area contributed by atoms with Gasteiger partial charge in [-0.15, -0.1) is 0 Å². The van der Waals surface area contributed by atoms with E-state index in [0.717, 1.165) is 16.7 Å². The molecule has 1 amide bonds. The number of carbonyl (C=O) groups excluding carboxylic acids is 1. The number of halogens is 4. The van der Waals surface area contributed by atoms with Gasteiger partial charge >= 0.3 is 0 Å². The van der Waals surface area contributed by atoms with Crippen molar-refractivity contribution in [3.05, 3.63) is 59.2 Å². The van der Waals surface area contributed by atoms with E-state index < -0.39 is 34.7 Å². The Balaban J connectivity index is 1.39. The lowest BCUT2D eigenvalue weighted by Gasteiger charge is -2.30. The number of rotatable bonds is 5. The summed E-state index contributed by atoms with van der Waals surface area (Å²) < 4.78 is 53.9. The third-order valence-corrected chi connectivity index (χ3v) is 5.75. The van der Waals surface area contributed by atoms with Crippen LogP contribution in [0.5, 0.6) is 0 Å². The van der Waals surface area contributed by atoms with Gasteiger partial charge in [-0.2, -0.15) is 4.98 Å². The summed E-state index contributed by atoms with van der Waals surface area (Å²) in [6, 6.07) is 7.85. The molecule has 1 aliphatic carbocycles. The van der Waals surface area contributed by atoms with Crippen LogP contribution in [0, 0.1) is 23.3 Å². The van der Waals surface area contributed by atoms with Gasteiger partial charge in [-0.25, -0.2) is 22.5 Å².